The number of hydrogen-bond acceptors (Lipinski definition) is 3. The molecular weight excluding hydrogens is 320 g/mol. The number of nitrogens with zero attached hydrogens (tertiary/aromatic N) is 3. The third-order valence-corrected chi connectivity index (χ3v) is 5.55. The Morgan fingerprint density at radius 2 is 2.08 bits per heavy atom. The van der Waals surface area contributed by atoms with Crippen LogP contribution in [0.5, 0.6) is 0 Å². The first-order valence-corrected chi connectivity index (χ1v) is 9.66. The Hall–Kier alpha value is -1.95. The molecule has 2 aromatic rings. The van der Waals surface area contributed by atoms with E-state index in [1.165, 1.54) is 12.8 Å². The van der Waals surface area contributed by atoms with Gasteiger partial charge in [-0.25, -0.2) is 9.48 Å². The van der Waals surface area contributed by atoms with Gasteiger partial charge < -0.3 is 10.2 Å². The molecule has 2 heterocycles. The highest BCUT2D eigenvalue weighted by molar-refractivity contribution is 7.99. The zero-order valence-electron chi connectivity index (χ0n) is 14.2. The van der Waals surface area contributed by atoms with Gasteiger partial charge in [-0.2, -0.15) is 16.9 Å². The van der Waals surface area contributed by atoms with Crippen molar-refractivity contribution in [2.24, 2.45) is 0 Å². The molecular formula is C18H24N4OS. The van der Waals surface area contributed by atoms with Crippen molar-refractivity contribution in [1.82, 2.24) is 14.7 Å². The molecule has 0 aliphatic carbocycles. The van der Waals surface area contributed by atoms with E-state index in [0.29, 0.717) is 5.25 Å². The Morgan fingerprint density at radius 3 is 2.83 bits per heavy atom. The van der Waals surface area contributed by atoms with E-state index in [-0.39, 0.29) is 6.03 Å². The molecule has 1 aliphatic heterocycles. The lowest BCUT2D eigenvalue weighted by Crippen LogP contribution is -2.38. The van der Waals surface area contributed by atoms with Gasteiger partial charge in [0, 0.05) is 18.3 Å². The molecule has 1 aliphatic rings. The molecule has 1 N–H and O–H groups in total. The lowest BCUT2D eigenvalue weighted by atomic mass is 10.2. The number of para-hydroxylation sites is 1. The third-order valence-electron chi connectivity index (χ3n) is 4.50. The number of likely N-dealkylation sites (tertiary alicyclic amines) is 1. The van der Waals surface area contributed by atoms with E-state index in [9.17, 15) is 4.79 Å². The number of hydrogen-bond donors (Lipinski definition) is 1. The molecule has 1 atom stereocenters. The monoisotopic (exact) mass is 344 g/mol. The van der Waals surface area contributed by atoms with Gasteiger partial charge in [-0.05, 0) is 38.2 Å². The molecule has 1 unspecified atom stereocenters. The van der Waals surface area contributed by atoms with Crippen LogP contribution in [0.25, 0.3) is 5.69 Å². The zero-order chi connectivity index (χ0) is 16.9. The van der Waals surface area contributed by atoms with Crippen molar-refractivity contribution < 1.29 is 4.79 Å². The lowest BCUT2D eigenvalue weighted by molar-refractivity contribution is 0.214. The number of nitrogens with one attached hydrogen (secondary N) is 1. The first-order valence-electron chi connectivity index (χ1n) is 8.38. The minimum absolute atomic E-state index is 0.0216. The molecule has 5 nitrogen and oxygen atoms in total. The normalized spacial score (nSPS) is 18.2. The number of rotatable bonds is 3. The van der Waals surface area contributed by atoms with Crippen molar-refractivity contribution in [2.45, 2.75) is 31.4 Å². The second-order valence-electron chi connectivity index (χ2n) is 6.12. The smallest absolute Gasteiger partial charge is 0.321 e. The van der Waals surface area contributed by atoms with E-state index in [1.54, 1.807) is 6.20 Å². The molecule has 0 saturated carbocycles. The van der Waals surface area contributed by atoms with Crippen molar-refractivity contribution in [3.05, 3.63) is 42.2 Å². The number of carbonyl (C=O) groups excluding carboxylic acids is 1. The van der Waals surface area contributed by atoms with Crippen molar-refractivity contribution in [3.63, 3.8) is 0 Å². The van der Waals surface area contributed by atoms with Crippen molar-refractivity contribution in [2.75, 3.05) is 24.7 Å². The zero-order valence-corrected chi connectivity index (χ0v) is 15.1. The number of anilines is 1. The minimum atomic E-state index is -0.0216. The average Bonchev–Trinajstić information content (AvgIpc) is 2.83. The van der Waals surface area contributed by atoms with Gasteiger partial charge in [0.25, 0.3) is 0 Å². The molecule has 1 saturated heterocycles. The summed E-state index contributed by atoms with van der Waals surface area (Å²) in [5.74, 6) is 0. The van der Waals surface area contributed by atoms with Gasteiger partial charge in [0.1, 0.15) is 0 Å². The maximum atomic E-state index is 12.6. The van der Waals surface area contributed by atoms with Crippen LogP contribution in [-0.4, -0.2) is 45.3 Å². The molecule has 6 heteroatoms. The summed E-state index contributed by atoms with van der Waals surface area (Å²) in [7, 11) is 0. The van der Waals surface area contributed by atoms with Crippen LogP contribution in [0, 0.1) is 6.92 Å². The summed E-state index contributed by atoms with van der Waals surface area (Å²) in [4.78, 5) is 14.6. The highest BCUT2D eigenvalue weighted by atomic mass is 32.2. The van der Waals surface area contributed by atoms with Crippen molar-refractivity contribution in [1.29, 1.82) is 0 Å². The maximum Gasteiger partial charge on any atom is 0.321 e. The van der Waals surface area contributed by atoms with Gasteiger partial charge in [0.2, 0.25) is 0 Å². The molecule has 0 radical (unpaired) electrons. The second kappa shape index (κ2) is 7.75. The molecule has 128 valence electrons. The Balaban J connectivity index is 1.72. The molecule has 1 aromatic heterocycles. The standard InChI is InChI=1S/C18H24N4OS/c1-14-17(12-19-22(14)15-8-4-3-5-9-15)20-18(23)21-11-7-6-10-16(13-21)24-2/h3-5,8-9,12,16H,6-7,10-11,13H2,1-2H3,(H,20,23). The first-order chi connectivity index (χ1) is 11.7. The van der Waals surface area contributed by atoms with Gasteiger partial charge in [-0.1, -0.05) is 24.6 Å². The topological polar surface area (TPSA) is 50.2 Å². The van der Waals surface area contributed by atoms with Crippen molar-refractivity contribution >= 4 is 23.5 Å². The Labute approximate surface area is 147 Å². The van der Waals surface area contributed by atoms with Gasteiger partial charge in [0.05, 0.1) is 23.3 Å². The number of urea groups is 1. The fourth-order valence-corrected chi connectivity index (χ4v) is 3.77. The van der Waals surface area contributed by atoms with Crippen LogP contribution in [0.1, 0.15) is 25.0 Å². The summed E-state index contributed by atoms with van der Waals surface area (Å²) in [6.07, 6.45) is 7.31. The van der Waals surface area contributed by atoms with Gasteiger partial charge in [-0.15, -0.1) is 0 Å². The Bertz CT molecular complexity index is 686. The number of aromatic nitrogens is 2. The van der Waals surface area contributed by atoms with E-state index in [4.69, 9.17) is 0 Å². The molecule has 1 aromatic carbocycles. The van der Waals surface area contributed by atoms with Crippen LogP contribution in [0.15, 0.2) is 36.5 Å². The van der Waals surface area contributed by atoms with E-state index in [0.717, 1.165) is 36.6 Å². The quantitative estimate of drug-likeness (QED) is 0.918. The predicted molar refractivity (Wildman–Crippen MR) is 100 cm³/mol. The molecule has 1 fully saturated rings. The molecule has 0 bridgehead atoms. The summed E-state index contributed by atoms with van der Waals surface area (Å²) in [6.45, 7) is 3.62. The summed E-state index contributed by atoms with van der Waals surface area (Å²) in [5.41, 5.74) is 2.70. The Morgan fingerprint density at radius 1 is 1.29 bits per heavy atom. The van der Waals surface area contributed by atoms with Crippen LogP contribution in [0.4, 0.5) is 10.5 Å². The summed E-state index contributed by atoms with van der Waals surface area (Å²) in [6, 6.07) is 9.93. The predicted octanol–water partition coefficient (Wildman–Crippen LogP) is 3.93. The van der Waals surface area contributed by atoms with Gasteiger partial charge in [-0.3, -0.25) is 0 Å². The van der Waals surface area contributed by atoms with Crippen LogP contribution in [0.2, 0.25) is 0 Å². The van der Waals surface area contributed by atoms with E-state index < -0.39 is 0 Å². The number of amides is 2. The van der Waals surface area contributed by atoms with Crippen molar-refractivity contribution in [3.8, 4) is 5.69 Å². The Kier molecular flexibility index (Phi) is 5.45. The highest BCUT2D eigenvalue weighted by Gasteiger charge is 2.22. The largest absolute Gasteiger partial charge is 0.323 e. The third kappa shape index (κ3) is 3.75. The van der Waals surface area contributed by atoms with Crippen LogP contribution < -0.4 is 5.32 Å². The number of carbonyl (C=O) groups is 1. The average molecular weight is 344 g/mol. The van der Waals surface area contributed by atoms with Gasteiger partial charge in [0.15, 0.2) is 0 Å². The summed E-state index contributed by atoms with van der Waals surface area (Å²) >= 11 is 1.85. The number of benzene rings is 1. The van der Waals surface area contributed by atoms with E-state index in [2.05, 4.69) is 16.7 Å². The number of thioether (sulfide) groups is 1. The summed E-state index contributed by atoms with van der Waals surface area (Å²) in [5, 5.41) is 7.98. The minimum Gasteiger partial charge on any atom is -0.323 e. The van der Waals surface area contributed by atoms with Crippen LogP contribution >= 0.6 is 11.8 Å². The fraction of sp³-hybridized carbons (Fsp3) is 0.444. The molecule has 2 amide bonds. The van der Waals surface area contributed by atoms with Crippen LogP contribution in [-0.2, 0) is 0 Å². The fourth-order valence-electron chi connectivity index (χ4n) is 3.04. The maximum absolute atomic E-state index is 12.6. The van der Waals surface area contributed by atoms with E-state index >= 15 is 0 Å². The SMILES string of the molecule is CSC1CCCCN(C(=O)Nc2cnn(-c3ccccc3)c2C)C1. The molecule has 24 heavy (non-hydrogen) atoms. The molecule has 3 rings (SSSR count). The first kappa shape index (κ1) is 16.9. The lowest BCUT2D eigenvalue weighted by Gasteiger charge is -2.23. The molecule has 0 spiro atoms. The van der Waals surface area contributed by atoms with E-state index in [1.807, 2.05) is 58.6 Å². The van der Waals surface area contributed by atoms with Gasteiger partial charge >= 0.3 is 6.03 Å². The summed E-state index contributed by atoms with van der Waals surface area (Å²) < 4.78 is 1.85. The highest BCUT2D eigenvalue weighted by Crippen LogP contribution is 2.22. The van der Waals surface area contributed by atoms with Crippen LogP contribution in [0.3, 0.4) is 0 Å². The second-order valence-corrected chi connectivity index (χ2v) is 7.26.